The van der Waals surface area contributed by atoms with E-state index < -0.39 is 97.5 Å². The Balaban J connectivity index is 5.24. The second-order valence-electron chi connectivity index (χ2n) is 32.0. The molecule has 0 heterocycles. The van der Waals surface area contributed by atoms with E-state index >= 15 is 0 Å². The van der Waals surface area contributed by atoms with E-state index in [1.807, 2.05) is 0 Å². The average molecular weight is 1550 g/mol. The van der Waals surface area contributed by atoms with Crippen molar-refractivity contribution < 1.29 is 80.2 Å². The minimum absolute atomic E-state index is 0.108. The van der Waals surface area contributed by atoms with E-state index in [-0.39, 0.29) is 25.7 Å². The molecular formula is C87H170O17P2. The Morgan fingerprint density at radius 3 is 0.717 bits per heavy atom. The van der Waals surface area contributed by atoms with Crippen LogP contribution in [-0.4, -0.2) is 96.7 Å². The van der Waals surface area contributed by atoms with Crippen LogP contribution in [0.3, 0.4) is 0 Å². The van der Waals surface area contributed by atoms with Crippen LogP contribution in [0.15, 0.2) is 0 Å². The molecular weight excluding hydrogens is 1380 g/mol. The summed E-state index contributed by atoms with van der Waals surface area (Å²) in [7, 11) is -9.93. The molecule has 0 aliphatic heterocycles. The summed E-state index contributed by atoms with van der Waals surface area (Å²) in [6.07, 6.45) is 70.7. The first-order valence-electron chi connectivity index (χ1n) is 45.0. The summed E-state index contributed by atoms with van der Waals surface area (Å²) in [5.41, 5.74) is 0. The first kappa shape index (κ1) is 104. The first-order valence-corrected chi connectivity index (χ1v) is 48.0. The van der Waals surface area contributed by atoms with Crippen LogP contribution in [-0.2, 0) is 65.4 Å². The zero-order valence-corrected chi connectivity index (χ0v) is 71.5. The fourth-order valence-electron chi connectivity index (χ4n) is 13.6. The Hall–Kier alpha value is -1.94. The molecule has 6 atom stereocenters. The number of phosphoric acid groups is 2. The van der Waals surface area contributed by atoms with Gasteiger partial charge in [-0.05, 0) is 37.5 Å². The summed E-state index contributed by atoms with van der Waals surface area (Å²) in [5.74, 6) is -0.451. The van der Waals surface area contributed by atoms with Gasteiger partial charge in [-0.3, -0.25) is 37.3 Å². The third kappa shape index (κ3) is 78.7. The standard InChI is InChI=1S/C87H170O17P2/c1-7-10-12-14-16-18-20-22-23-26-30-33-40-46-52-58-64-70-85(90)98-76-83(103-86(91)71-65-59-53-47-41-34-31-28-25-24-27-29-32-38-44-50-56-62-68-80(6)9-3)78-102-106(95,96)100-74-81(88)73-99-105(93,94)101-77-82(75-97-84(89)69-63-57-51-45-39-21-19-17-15-13-11-8-2)104-87(92)72-66-60-54-48-42-36-35-37-43-49-55-61-67-79(4)5/h79-83,88H,7-78H2,1-6H3,(H,93,94)(H,95,96)/t80?,81-,82+,83+/m0/s1. The van der Waals surface area contributed by atoms with Crippen LogP contribution in [0.4, 0.5) is 0 Å². The zero-order chi connectivity index (χ0) is 77.8. The van der Waals surface area contributed by atoms with E-state index in [2.05, 4.69) is 41.5 Å². The van der Waals surface area contributed by atoms with Gasteiger partial charge in [0.05, 0.1) is 26.4 Å². The molecule has 0 bridgehead atoms. The number of carbonyl (C=O) groups excluding carboxylic acids is 4. The highest BCUT2D eigenvalue weighted by Crippen LogP contribution is 2.45. The zero-order valence-electron chi connectivity index (χ0n) is 69.7. The number of hydrogen-bond donors (Lipinski definition) is 3. The van der Waals surface area contributed by atoms with Crippen LogP contribution >= 0.6 is 15.6 Å². The second-order valence-corrected chi connectivity index (χ2v) is 34.9. The van der Waals surface area contributed by atoms with Crippen LogP contribution in [0.1, 0.15) is 465 Å². The molecule has 0 fully saturated rings. The van der Waals surface area contributed by atoms with Crippen LogP contribution in [0.5, 0.6) is 0 Å². The minimum atomic E-state index is -4.97. The summed E-state index contributed by atoms with van der Waals surface area (Å²) < 4.78 is 68.9. The highest BCUT2D eigenvalue weighted by Gasteiger charge is 2.30. The maximum Gasteiger partial charge on any atom is 0.472 e. The van der Waals surface area contributed by atoms with E-state index in [9.17, 15) is 43.2 Å². The van der Waals surface area contributed by atoms with Gasteiger partial charge < -0.3 is 33.8 Å². The molecule has 0 spiro atoms. The molecule has 0 radical (unpaired) electrons. The van der Waals surface area contributed by atoms with Gasteiger partial charge in [0.1, 0.15) is 19.3 Å². The number of unbranched alkanes of at least 4 members (excludes halogenated alkanes) is 55. The number of carbonyl (C=O) groups is 4. The molecule has 0 amide bonds. The first-order chi connectivity index (χ1) is 51.4. The monoisotopic (exact) mass is 1550 g/mol. The van der Waals surface area contributed by atoms with Gasteiger partial charge >= 0.3 is 39.5 Å². The molecule has 19 heteroatoms. The van der Waals surface area contributed by atoms with Gasteiger partial charge in [0.2, 0.25) is 0 Å². The summed E-state index contributed by atoms with van der Waals surface area (Å²) in [4.78, 5) is 73.3. The summed E-state index contributed by atoms with van der Waals surface area (Å²) in [5, 5.41) is 10.7. The van der Waals surface area contributed by atoms with Crippen molar-refractivity contribution in [2.24, 2.45) is 11.8 Å². The van der Waals surface area contributed by atoms with E-state index in [1.54, 1.807) is 0 Å². The minimum Gasteiger partial charge on any atom is -0.462 e. The normalized spacial score (nSPS) is 14.1. The van der Waals surface area contributed by atoms with Gasteiger partial charge in [0, 0.05) is 25.7 Å². The van der Waals surface area contributed by atoms with Crippen molar-refractivity contribution in [2.45, 2.75) is 484 Å². The van der Waals surface area contributed by atoms with Gasteiger partial charge in [-0.15, -0.1) is 0 Å². The van der Waals surface area contributed by atoms with Crippen molar-refractivity contribution in [2.75, 3.05) is 39.6 Å². The lowest BCUT2D eigenvalue weighted by atomic mass is 9.99. The Morgan fingerprint density at radius 1 is 0.274 bits per heavy atom. The fraction of sp³-hybridized carbons (Fsp3) is 0.954. The number of aliphatic hydroxyl groups is 1. The maximum absolute atomic E-state index is 13.2. The number of aliphatic hydroxyl groups excluding tert-OH is 1. The summed E-state index contributed by atoms with van der Waals surface area (Å²) in [6.45, 7) is 9.76. The van der Waals surface area contributed by atoms with Crippen LogP contribution in [0, 0.1) is 11.8 Å². The second kappa shape index (κ2) is 78.3. The van der Waals surface area contributed by atoms with Crippen molar-refractivity contribution in [1.82, 2.24) is 0 Å². The third-order valence-corrected chi connectivity index (χ3v) is 22.7. The van der Waals surface area contributed by atoms with Gasteiger partial charge in [-0.1, -0.05) is 414 Å². The highest BCUT2D eigenvalue weighted by atomic mass is 31.2. The number of phosphoric ester groups is 2. The Bertz CT molecular complexity index is 2030. The molecule has 0 saturated carbocycles. The molecule has 106 heavy (non-hydrogen) atoms. The van der Waals surface area contributed by atoms with E-state index in [0.717, 1.165) is 102 Å². The molecule has 0 saturated heterocycles. The summed E-state index contributed by atoms with van der Waals surface area (Å²) in [6, 6.07) is 0. The molecule has 0 aromatic carbocycles. The van der Waals surface area contributed by atoms with Crippen molar-refractivity contribution in [3.05, 3.63) is 0 Å². The molecule has 0 aliphatic carbocycles. The number of rotatable bonds is 86. The van der Waals surface area contributed by atoms with Crippen molar-refractivity contribution in [1.29, 1.82) is 0 Å². The third-order valence-electron chi connectivity index (χ3n) is 20.8. The SMILES string of the molecule is CCCCCCCCCCCCCCCCCCCC(=O)OC[C@H](COP(=O)(O)OC[C@@H](O)COP(=O)(O)OC[C@@H](COC(=O)CCCCCCCCCCCCCC)OC(=O)CCCCCCCCCCCCCCC(C)C)OC(=O)CCCCCCCCCCCCCCCCCCCCC(C)CC. The number of hydrogen-bond acceptors (Lipinski definition) is 15. The Labute approximate surface area is 651 Å². The largest absolute Gasteiger partial charge is 0.472 e. The average Bonchev–Trinajstić information content (AvgIpc) is 0.902. The van der Waals surface area contributed by atoms with Crippen molar-refractivity contribution in [3.8, 4) is 0 Å². The van der Waals surface area contributed by atoms with E-state index in [4.69, 9.17) is 37.0 Å². The molecule has 0 aliphatic rings. The fourth-order valence-corrected chi connectivity index (χ4v) is 15.1. The summed E-state index contributed by atoms with van der Waals surface area (Å²) >= 11 is 0. The van der Waals surface area contributed by atoms with Gasteiger partial charge in [0.25, 0.3) is 0 Å². The quantitative estimate of drug-likeness (QED) is 0.0222. The smallest absolute Gasteiger partial charge is 0.462 e. The molecule has 17 nitrogen and oxygen atoms in total. The van der Waals surface area contributed by atoms with Gasteiger partial charge in [0.15, 0.2) is 12.2 Å². The maximum atomic E-state index is 13.2. The topological polar surface area (TPSA) is 237 Å². The molecule has 0 aromatic rings. The molecule has 3 unspecified atom stereocenters. The van der Waals surface area contributed by atoms with Crippen molar-refractivity contribution >= 4 is 39.5 Å². The predicted octanol–water partition coefficient (Wildman–Crippen LogP) is 26.6. The number of ether oxygens (including phenoxy) is 4. The van der Waals surface area contributed by atoms with E-state index in [1.165, 1.54) is 283 Å². The lowest BCUT2D eigenvalue weighted by Crippen LogP contribution is -2.30. The molecule has 0 aromatic heterocycles. The Kier molecular flexibility index (Phi) is 76.9. The number of esters is 4. The van der Waals surface area contributed by atoms with Crippen molar-refractivity contribution in [3.63, 3.8) is 0 Å². The highest BCUT2D eigenvalue weighted by molar-refractivity contribution is 7.47. The van der Waals surface area contributed by atoms with Gasteiger partial charge in [-0.25, -0.2) is 9.13 Å². The van der Waals surface area contributed by atoms with Gasteiger partial charge in [-0.2, -0.15) is 0 Å². The van der Waals surface area contributed by atoms with Crippen LogP contribution in [0.2, 0.25) is 0 Å². The van der Waals surface area contributed by atoms with E-state index in [0.29, 0.717) is 25.7 Å². The molecule has 3 N–H and O–H groups in total. The predicted molar refractivity (Wildman–Crippen MR) is 437 cm³/mol. The van der Waals surface area contributed by atoms with Crippen LogP contribution < -0.4 is 0 Å². The van der Waals surface area contributed by atoms with Crippen LogP contribution in [0.25, 0.3) is 0 Å². The molecule has 630 valence electrons. The lowest BCUT2D eigenvalue weighted by molar-refractivity contribution is -0.161. The Morgan fingerprint density at radius 2 is 0.481 bits per heavy atom. The lowest BCUT2D eigenvalue weighted by Gasteiger charge is -2.21. The molecule has 0 rings (SSSR count).